The average molecular weight is 571 g/mol. The molecule has 7 heteroatoms. The van der Waals surface area contributed by atoms with Gasteiger partial charge in [0.25, 0.3) is 11.1 Å². The molecule has 2 amide bonds. The molecule has 0 spiro atoms. The molecule has 0 N–H and O–H groups in total. The molecule has 0 atom stereocenters. The Labute approximate surface area is 210 Å². The van der Waals surface area contributed by atoms with Gasteiger partial charge in [-0.2, -0.15) is 0 Å². The molecular weight excluding hydrogens is 549 g/mol. The van der Waals surface area contributed by atoms with Gasteiger partial charge in [-0.25, -0.2) is 0 Å². The van der Waals surface area contributed by atoms with Gasteiger partial charge in [0.2, 0.25) is 0 Å². The van der Waals surface area contributed by atoms with Crippen molar-refractivity contribution in [3.63, 3.8) is 0 Å². The minimum Gasteiger partial charge on any atom is -0.490 e. The minimum atomic E-state index is -0.267. The quantitative estimate of drug-likeness (QED) is 0.181. The van der Waals surface area contributed by atoms with E-state index in [9.17, 15) is 9.59 Å². The van der Waals surface area contributed by atoms with Crippen molar-refractivity contribution in [3.8, 4) is 11.5 Å². The Kier molecular flexibility index (Phi) is 7.72. The van der Waals surface area contributed by atoms with E-state index in [1.165, 1.54) is 10.5 Å². The topological polar surface area (TPSA) is 55.8 Å². The van der Waals surface area contributed by atoms with Crippen molar-refractivity contribution in [2.45, 2.75) is 13.5 Å². The number of benzene rings is 3. The maximum absolute atomic E-state index is 12.7. The highest BCUT2D eigenvalue weighted by atomic mass is 127. The van der Waals surface area contributed by atoms with Crippen molar-refractivity contribution in [2.24, 2.45) is 0 Å². The standard InChI is InChI=1S/C26H22INO4S/c1-18-2-10-22(11-3-18)31-14-15-32-23-12-6-19(7-13-23)16-24-25(29)28(26(30)33-24)17-20-4-8-21(27)9-5-20/h2-13,16H,14-15,17H2,1H3/b24-16-. The lowest BCUT2D eigenvalue weighted by atomic mass is 10.2. The van der Waals surface area contributed by atoms with E-state index >= 15 is 0 Å². The molecule has 0 aliphatic carbocycles. The molecule has 4 rings (SSSR count). The van der Waals surface area contributed by atoms with Crippen LogP contribution >= 0.6 is 34.4 Å². The average Bonchev–Trinajstić information content (AvgIpc) is 3.07. The van der Waals surface area contributed by atoms with Gasteiger partial charge in [0, 0.05) is 3.57 Å². The number of halogens is 1. The number of hydrogen-bond donors (Lipinski definition) is 0. The third-order valence-corrected chi connectivity index (χ3v) is 6.57. The molecule has 0 radical (unpaired) electrons. The van der Waals surface area contributed by atoms with Crippen LogP contribution in [0, 0.1) is 10.5 Å². The lowest BCUT2D eigenvalue weighted by Crippen LogP contribution is -2.27. The fraction of sp³-hybridized carbons (Fsp3) is 0.154. The fourth-order valence-corrected chi connectivity index (χ4v) is 4.37. The zero-order valence-corrected chi connectivity index (χ0v) is 21.0. The molecule has 0 bridgehead atoms. The van der Waals surface area contributed by atoms with Crippen LogP contribution in [0.5, 0.6) is 11.5 Å². The summed E-state index contributed by atoms with van der Waals surface area (Å²) in [7, 11) is 0. The summed E-state index contributed by atoms with van der Waals surface area (Å²) in [6.07, 6.45) is 1.74. The first kappa shape index (κ1) is 23.4. The molecular formula is C26H22INO4S. The Balaban J connectivity index is 1.30. The number of carbonyl (C=O) groups excluding carboxylic acids is 2. The fourth-order valence-electron chi connectivity index (χ4n) is 3.17. The molecule has 1 heterocycles. The highest BCUT2D eigenvalue weighted by Crippen LogP contribution is 2.33. The van der Waals surface area contributed by atoms with Crippen LogP contribution in [-0.2, 0) is 11.3 Å². The monoisotopic (exact) mass is 571 g/mol. The van der Waals surface area contributed by atoms with Crippen LogP contribution in [0.1, 0.15) is 16.7 Å². The third-order valence-electron chi connectivity index (χ3n) is 4.95. The second-order valence-corrected chi connectivity index (χ2v) is 9.71. The van der Waals surface area contributed by atoms with Crippen molar-refractivity contribution < 1.29 is 19.1 Å². The maximum atomic E-state index is 12.7. The molecule has 1 fully saturated rings. The Hall–Kier alpha value is -2.78. The first-order chi connectivity index (χ1) is 16.0. The largest absolute Gasteiger partial charge is 0.490 e. The van der Waals surface area contributed by atoms with E-state index in [1.54, 1.807) is 6.08 Å². The van der Waals surface area contributed by atoms with Gasteiger partial charge in [0.1, 0.15) is 24.7 Å². The second-order valence-electron chi connectivity index (χ2n) is 7.47. The molecule has 33 heavy (non-hydrogen) atoms. The number of aryl methyl sites for hydroxylation is 1. The number of ether oxygens (including phenoxy) is 2. The molecule has 0 unspecified atom stereocenters. The van der Waals surface area contributed by atoms with E-state index < -0.39 is 0 Å². The normalized spacial score (nSPS) is 14.7. The number of carbonyl (C=O) groups is 2. The number of thioether (sulfide) groups is 1. The van der Waals surface area contributed by atoms with E-state index in [1.807, 2.05) is 79.7 Å². The van der Waals surface area contributed by atoms with Gasteiger partial charge >= 0.3 is 0 Å². The molecule has 168 valence electrons. The van der Waals surface area contributed by atoms with E-state index in [0.717, 1.165) is 32.2 Å². The minimum absolute atomic E-state index is 0.252. The molecule has 3 aromatic rings. The van der Waals surface area contributed by atoms with Crippen LogP contribution in [-0.4, -0.2) is 29.3 Å². The Bertz CT molecular complexity index is 1160. The highest BCUT2D eigenvalue weighted by Gasteiger charge is 2.34. The molecule has 5 nitrogen and oxygen atoms in total. The first-order valence-electron chi connectivity index (χ1n) is 10.4. The van der Waals surface area contributed by atoms with E-state index in [4.69, 9.17) is 9.47 Å². The van der Waals surface area contributed by atoms with Gasteiger partial charge in [-0.3, -0.25) is 14.5 Å². The van der Waals surface area contributed by atoms with Gasteiger partial charge < -0.3 is 9.47 Å². The lowest BCUT2D eigenvalue weighted by molar-refractivity contribution is -0.123. The van der Waals surface area contributed by atoms with Crippen LogP contribution in [0.15, 0.2) is 77.7 Å². The Morgan fingerprint density at radius 3 is 2.03 bits per heavy atom. The number of hydrogen-bond acceptors (Lipinski definition) is 5. The molecule has 3 aromatic carbocycles. The summed E-state index contributed by atoms with van der Waals surface area (Å²) in [5, 5.41) is -0.252. The van der Waals surface area contributed by atoms with Crippen LogP contribution in [0.3, 0.4) is 0 Å². The summed E-state index contributed by atoms with van der Waals surface area (Å²) in [5.74, 6) is 1.26. The molecule has 0 aromatic heterocycles. The van der Waals surface area contributed by atoms with Crippen molar-refractivity contribution in [3.05, 3.63) is 98.0 Å². The second kappa shape index (κ2) is 10.9. The molecule has 1 aliphatic heterocycles. The summed E-state index contributed by atoms with van der Waals surface area (Å²) in [6, 6.07) is 23.1. The van der Waals surface area contributed by atoms with E-state index in [2.05, 4.69) is 22.6 Å². The third kappa shape index (κ3) is 6.39. The van der Waals surface area contributed by atoms with Crippen LogP contribution < -0.4 is 9.47 Å². The van der Waals surface area contributed by atoms with Gasteiger partial charge in [0.05, 0.1) is 11.4 Å². The van der Waals surface area contributed by atoms with Gasteiger partial charge in [-0.15, -0.1) is 0 Å². The first-order valence-corrected chi connectivity index (χ1v) is 12.3. The molecule has 1 aliphatic rings. The van der Waals surface area contributed by atoms with Crippen molar-refractivity contribution >= 4 is 51.6 Å². The summed E-state index contributed by atoms with van der Waals surface area (Å²) in [6.45, 7) is 3.17. The summed E-state index contributed by atoms with van der Waals surface area (Å²) in [4.78, 5) is 26.8. The highest BCUT2D eigenvalue weighted by molar-refractivity contribution is 14.1. The van der Waals surface area contributed by atoms with Gasteiger partial charge in [-0.05, 0) is 94.9 Å². The van der Waals surface area contributed by atoms with E-state index in [0.29, 0.717) is 23.9 Å². The zero-order valence-electron chi connectivity index (χ0n) is 18.0. The summed E-state index contributed by atoms with van der Waals surface area (Å²) in [5.41, 5.74) is 2.94. The molecule has 0 saturated carbocycles. The number of nitrogens with zero attached hydrogens (tertiary/aromatic N) is 1. The van der Waals surface area contributed by atoms with Crippen LogP contribution in [0.25, 0.3) is 6.08 Å². The van der Waals surface area contributed by atoms with Crippen LogP contribution in [0.2, 0.25) is 0 Å². The predicted molar refractivity (Wildman–Crippen MR) is 139 cm³/mol. The Morgan fingerprint density at radius 2 is 1.42 bits per heavy atom. The van der Waals surface area contributed by atoms with Crippen molar-refractivity contribution in [1.29, 1.82) is 0 Å². The van der Waals surface area contributed by atoms with Crippen LogP contribution in [0.4, 0.5) is 4.79 Å². The molecule has 1 saturated heterocycles. The number of amides is 2. The zero-order chi connectivity index (χ0) is 23.2. The summed E-state index contributed by atoms with van der Waals surface area (Å²) < 4.78 is 12.5. The lowest BCUT2D eigenvalue weighted by Gasteiger charge is -2.12. The maximum Gasteiger partial charge on any atom is 0.293 e. The van der Waals surface area contributed by atoms with Crippen molar-refractivity contribution in [1.82, 2.24) is 4.90 Å². The van der Waals surface area contributed by atoms with E-state index in [-0.39, 0.29) is 17.7 Å². The summed E-state index contributed by atoms with van der Waals surface area (Å²) >= 11 is 3.19. The van der Waals surface area contributed by atoms with Crippen molar-refractivity contribution in [2.75, 3.05) is 13.2 Å². The predicted octanol–water partition coefficient (Wildman–Crippen LogP) is 6.29. The Morgan fingerprint density at radius 1 is 0.848 bits per heavy atom. The SMILES string of the molecule is Cc1ccc(OCCOc2ccc(/C=C3\SC(=O)N(Cc4ccc(I)cc4)C3=O)cc2)cc1. The smallest absolute Gasteiger partial charge is 0.293 e. The number of imide groups is 1. The van der Waals surface area contributed by atoms with Gasteiger partial charge in [-0.1, -0.05) is 42.0 Å². The van der Waals surface area contributed by atoms with Gasteiger partial charge in [0.15, 0.2) is 0 Å². The number of rotatable bonds is 8.